The van der Waals surface area contributed by atoms with Gasteiger partial charge in [0.05, 0.1) is 11.4 Å². The van der Waals surface area contributed by atoms with Crippen LogP contribution in [0.25, 0.3) is 0 Å². The summed E-state index contributed by atoms with van der Waals surface area (Å²) in [5, 5.41) is 4.04. The van der Waals surface area contributed by atoms with E-state index < -0.39 is 5.97 Å². The molecule has 1 aliphatic carbocycles. The van der Waals surface area contributed by atoms with Gasteiger partial charge in [-0.05, 0) is 26.7 Å². The number of amides is 1. The second-order valence-corrected chi connectivity index (χ2v) is 4.96. The minimum absolute atomic E-state index is 0.166. The number of esters is 1. The zero-order chi connectivity index (χ0) is 14.9. The quantitative estimate of drug-likeness (QED) is 0.792. The molecule has 0 radical (unpaired) electrons. The van der Waals surface area contributed by atoms with Crippen LogP contribution in [0.2, 0.25) is 0 Å². The highest BCUT2D eigenvalue weighted by Gasteiger charge is 2.32. The maximum atomic E-state index is 12.0. The molecule has 1 aliphatic rings. The van der Waals surface area contributed by atoms with Gasteiger partial charge >= 0.3 is 5.97 Å². The average molecular weight is 280 g/mol. The molecule has 0 aliphatic heterocycles. The molecule has 20 heavy (non-hydrogen) atoms. The van der Waals surface area contributed by atoms with Crippen LogP contribution >= 0.6 is 0 Å². The van der Waals surface area contributed by atoms with Gasteiger partial charge < -0.3 is 15.4 Å². The third-order valence-electron chi connectivity index (χ3n) is 3.44. The first-order valence-corrected chi connectivity index (χ1v) is 6.71. The minimum atomic E-state index is -0.620. The molecule has 0 saturated heterocycles. The van der Waals surface area contributed by atoms with E-state index in [0.717, 1.165) is 12.8 Å². The molecule has 1 heterocycles. The number of carbonyl (C=O) groups is 2. The summed E-state index contributed by atoms with van der Waals surface area (Å²) in [6.07, 6.45) is 2.06. The molecular weight excluding hydrogens is 260 g/mol. The number of ether oxygens (including phenoxy) is 1. The fraction of sp³-hybridized carbons (Fsp3) is 0.615. The average Bonchev–Trinajstić information content (AvgIpc) is 3.17. The van der Waals surface area contributed by atoms with E-state index in [1.807, 2.05) is 6.92 Å². The number of nitrogens with two attached hydrogens (primary N) is 1. The summed E-state index contributed by atoms with van der Waals surface area (Å²) in [6, 6.07) is 0.315. The minimum Gasteiger partial charge on any atom is -0.451 e. The number of likely N-dealkylation sites (N-methyl/N-ethyl adjacent to an activating group) is 1. The number of nitrogen functional groups attached to an aromatic ring is 1. The molecule has 110 valence electrons. The van der Waals surface area contributed by atoms with Crippen molar-refractivity contribution in [1.29, 1.82) is 0 Å². The lowest BCUT2D eigenvalue weighted by Gasteiger charge is -2.19. The normalized spacial score (nSPS) is 14.2. The Hall–Kier alpha value is -2.05. The standard InChI is InChI=1S/C13H20N4O3/c1-4-17(9-5-6-9)10(18)7-20-13(19)12-11(14)8(2)15-16(12)3/h9H,4-7,14H2,1-3H3. The van der Waals surface area contributed by atoms with Crippen LogP contribution in [0, 0.1) is 6.92 Å². The van der Waals surface area contributed by atoms with Gasteiger partial charge in [-0.2, -0.15) is 5.10 Å². The Kier molecular flexibility index (Phi) is 3.96. The SMILES string of the molecule is CCN(C(=O)COC(=O)c1c(N)c(C)nn1C)C1CC1. The predicted molar refractivity (Wildman–Crippen MR) is 73.0 cm³/mol. The number of anilines is 1. The maximum Gasteiger partial charge on any atom is 0.359 e. The second-order valence-electron chi connectivity index (χ2n) is 4.96. The van der Waals surface area contributed by atoms with Gasteiger partial charge in [0.15, 0.2) is 12.3 Å². The molecule has 2 N–H and O–H groups in total. The van der Waals surface area contributed by atoms with E-state index in [2.05, 4.69) is 5.10 Å². The molecule has 0 spiro atoms. The predicted octanol–water partition coefficient (Wildman–Crippen LogP) is 0.478. The molecule has 1 saturated carbocycles. The van der Waals surface area contributed by atoms with Crippen LogP contribution in [0.4, 0.5) is 5.69 Å². The number of carbonyl (C=O) groups excluding carboxylic acids is 2. The fourth-order valence-corrected chi connectivity index (χ4v) is 2.22. The molecule has 0 atom stereocenters. The monoisotopic (exact) mass is 280 g/mol. The summed E-state index contributed by atoms with van der Waals surface area (Å²) in [5.41, 5.74) is 6.82. The molecule has 0 bridgehead atoms. The summed E-state index contributed by atoms with van der Waals surface area (Å²) >= 11 is 0. The van der Waals surface area contributed by atoms with Gasteiger partial charge in [0.2, 0.25) is 0 Å². The Morgan fingerprint density at radius 3 is 2.60 bits per heavy atom. The van der Waals surface area contributed by atoms with Crippen molar-refractivity contribution in [2.45, 2.75) is 32.7 Å². The summed E-state index contributed by atoms with van der Waals surface area (Å²) in [5.74, 6) is -0.786. The van der Waals surface area contributed by atoms with Gasteiger partial charge in [-0.15, -0.1) is 0 Å². The largest absolute Gasteiger partial charge is 0.451 e. The number of nitrogens with zero attached hydrogens (tertiary/aromatic N) is 3. The highest BCUT2D eigenvalue weighted by Crippen LogP contribution is 2.26. The van der Waals surface area contributed by atoms with Crippen molar-refractivity contribution < 1.29 is 14.3 Å². The Morgan fingerprint density at radius 1 is 1.50 bits per heavy atom. The first kappa shape index (κ1) is 14.4. The summed E-state index contributed by atoms with van der Waals surface area (Å²) < 4.78 is 6.43. The highest BCUT2D eigenvalue weighted by atomic mass is 16.5. The van der Waals surface area contributed by atoms with Crippen molar-refractivity contribution in [3.8, 4) is 0 Å². The number of hydrogen-bond donors (Lipinski definition) is 1. The summed E-state index contributed by atoms with van der Waals surface area (Å²) in [7, 11) is 1.62. The van der Waals surface area contributed by atoms with E-state index in [9.17, 15) is 9.59 Å². The molecule has 2 rings (SSSR count). The van der Waals surface area contributed by atoms with Gasteiger partial charge in [-0.1, -0.05) is 0 Å². The number of rotatable bonds is 5. The van der Waals surface area contributed by atoms with Crippen molar-refractivity contribution in [2.75, 3.05) is 18.9 Å². The Bertz CT molecular complexity index is 534. The van der Waals surface area contributed by atoms with Crippen molar-refractivity contribution in [2.24, 2.45) is 7.05 Å². The second kappa shape index (κ2) is 5.52. The first-order chi connectivity index (χ1) is 9.45. The van der Waals surface area contributed by atoms with Crippen LogP contribution in [0.5, 0.6) is 0 Å². The number of aromatic nitrogens is 2. The van der Waals surface area contributed by atoms with Gasteiger partial charge in [-0.25, -0.2) is 4.79 Å². The van der Waals surface area contributed by atoms with Crippen molar-refractivity contribution in [3.63, 3.8) is 0 Å². The molecule has 0 unspecified atom stereocenters. The van der Waals surface area contributed by atoms with Crippen LogP contribution in [-0.2, 0) is 16.6 Å². The lowest BCUT2D eigenvalue weighted by atomic mass is 10.3. The van der Waals surface area contributed by atoms with Crippen LogP contribution in [-0.4, -0.2) is 45.8 Å². The molecular formula is C13H20N4O3. The molecule has 7 heteroatoms. The van der Waals surface area contributed by atoms with Gasteiger partial charge in [0.1, 0.15) is 0 Å². The number of hydrogen-bond acceptors (Lipinski definition) is 5. The molecule has 7 nitrogen and oxygen atoms in total. The Balaban J connectivity index is 1.96. The molecule has 1 amide bonds. The maximum absolute atomic E-state index is 12.0. The van der Waals surface area contributed by atoms with E-state index in [1.165, 1.54) is 4.68 Å². The third-order valence-corrected chi connectivity index (χ3v) is 3.44. The lowest BCUT2D eigenvalue weighted by Crippen LogP contribution is -2.36. The molecule has 1 aromatic heterocycles. The lowest BCUT2D eigenvalue weighted by molar-refractivity contribution is -0.134. The highest BCUT2D eigenvalue weighted by molar-refractivity contribution is 5.95. The zero-order valence-electron chi connectivity index (χ0n) is 12.0. The third kappa shape index (κ3) is 2.76. The molecule has 1 aromatic rings. The van der Waals surface area contributed by atoms with Gasteiger partial charge in [0.25, 0.3) is 5.91 Å². The van der Waals surface area contributed by atoms with Crippen LogP contribution in [0.1, 0.15) is 35.9 Å². The first-order valence-electron chi connectivity index (χ1n) is 6.71. The van der Waals surface area contributed by atoms with Gasteiger partial charge in [-0.3, -0.25) is 9.48 Å². The van der Waals surface area contributed by atoms with E-state index in [-0.39, 0.29) is 18.2 Å². The van der Waals surface area contributed by atoms with Gasteiger partial charge in [0, 0.05) is 19.6 Å². The summed E-state index contributed by atoms with van der Waals surface area (Å²) in [6.45, 7) is 4.00. The van der Waals surface area contributed by atoms with E-state index in [0.29, 0.717) is 24.0 Å². The fourth-order valence-electron chi connectivity index (χ4n) is 2.22. The zero-order valence-corrected chi connectivity index (χ0v) is 12.0. The van der Waals surface area contributed by atoms with Crippen molar-refractivity contribution in [3.05, 3.63) is 11.4 Å². The number of aryl methyl sites for hydroxylation is 2. The van der Waals surface area contributed by atoms with E-state index >= 15 is 0 Å². The Morgan fingerprint density at radius 2 is 2.15 bits per heavy atom. The molecule has 0 aromatic carbocycles. The van der Waals surface area contributed by atoms with E-state index in [4.69, 9.17) is 10.5 Å². The Labute approximate surface area is 117 Å². The van der Waals surface area contributed by atoms with Crippen molar-refractivity contribution >= 4 is 17.6 Å². The van der Waals surface area contributed by atoms with Crippen LogP contribution in [0.15, 0.2) is 0 Å². The van der Waals surface area contributed by atoms with Crippen molar-refractivity contribution in [1.82, 2.24) is 14.7 Å². The topological polar surface area (TPSA) is 90.4 Å². The summed E-state index contributed by atoms with van der Waals surface area (Å²) in [4.78, 5) is 25.7. The molecule has 1 fully saturated rings. The van der Waals surface area contributed by atoms with E-state index in [1.54, 1.807) is 18.9 Å². The van der Waals surface area contributed by atoms with Crippen LogP contribution in [0.3, 0.4) is 0 Å². The smallest absolute Gasteiger partial charge is 0.359 e. The van der Waals surface area contributed by atoms with Crippen LogP contribution < -0.4 is 5.73 Å².